The topological polar surface area (TPSA) is 84.1 Å². The molecule has 1 aliphatic carbocycles. The van der Waals surface area contributed by atoms with Crippen molar-refractivity contribution < 1.29 is 5.11 Å². The van der Waals surface area contributed by atoms with Gasteiger partial charge in [-0.15, -0.1) is 0 Å². The minimum absolute atomic E-state index is 0.0607. The first-order valence-electron chi connectivity index (χ1n) is 7.57. The molecular formula is C15H26N4O. The lowest BCUT2D eigenvalue weighted by Crippen LogP contribution is -2.33. The lowest BCUT2D eigenvalue weighted by atomic mass is 10.1. The quantitative estimate of drug-likeness (QED) is 0.740. The number of aliphatic hydroxyl groups is 1. The van der Waals surface area contributed by atoms with Crippen LogP contribution in [0.15, 0.2) is 0 Å². The van der Waals surface area contributed by atoms with Crippen molar-refractivity contribution in [3.05, 3.63) is 11.4 Å². The van der Waals surface area contributed by atoms with Crippen molar-refractivity contribution >= 4 is 11.6 Å². The summed E-state index contributed by atoms with van der Waals surface area (Å²) in [5.41, 5.74) is 6.84. The average molecular weight is 278 g/mol. The van der Waals surface area contributed by atoms with Crippen molar-refractivity contribution in [1.82, 2.24) is 9.97 Å². The van der Waals surface area contributed by atoms with E-state index in [-0.39, 0.29) is 18.1 Å². The number of nitrogens with zero attached hydrogens (tertiary/aromatic N) is 2. The van der Waals surface area contributed by atoms with Crippen LogP contribution >= 0.6 is 0 Å². The molecule has 0 radical (unpaired) electrons. The largest absolute Gasteiger partial charge is 0.391 e. The monoisotopic (exact) mass is 278 g/mol. The average Bonchev–Trinajstić information content (AvgIpc) is 2.60. The van der Waals surface area contributed by atoms with Crippen LogP contribution in [0.3, 0.4) is 0 Å². The molecule has 20 heavy (non-hydrogen) atoms. The van der Waals surface area contributed by atoms with Crippen LogP contribution in [0.4, 0.5) is 11.6 Å². The minimum atomic E-state index is -0.310. The Labute approximate surface area is 121 Å². The van der Waals surface area contributed by atoms with Crippen molar-refractivity contribution in [3.63, 3.8) is 0 Å². The van der Waals surface area contributed by atoms with Crippen LogP contribution in [0.5, 0.6) is 0 Å². The van der Waals surface area contributed by atoms with Gasteiger partial charge < -0.3 is 16.2 Å². The first-order chi connectivity index (χ1) is 9.49. The van der Waals surface area contributed by atoms with Crippen molar-refractivity contribution in [2.45, 2.75) is 70.9 Å². The summed E-state index contributed by atoms with van der Waals surface area (Å²) >= 11 is 0. The molecule has 2 atom stereocenters. The number of hydrogen-bond donors (Lipinski definition) is 3. The SMILES string of the molecule is Cc1c(N)nc(C(C)C)nc1NC1CCCCCC1O. The summed E-state index contributed by atoms with van der Waals surface area (Å²) in [6.07, 6.45) is 4.95. The molecule has 1 fully saturated rings. The zero-order valence-corrected chi connectivity index (χ0v) is 12.7. The Morgan fingerprint density at radius 1 is 1.20 bits per heavy atom. The standard InChI is InChI=1S/C15H26N4O/c1-9(2)14-18-13(16)10(3)15(19-14)17-11-7-5-4-6-8-12(11)20/h9,11-12,20H,4-8H2,1-3H3,(H3,16,17,18,19). The van der Waals surface area contributed by atoms with Crippen LogP contribution in [0.2, 0.25) is 0 Å². The number of hydrogen-bond acceptors (Lipinski definition) is 5. The molecule has 0 spiro atoms. The molecule has 0 aliphatic heterocycles. The van der Waals surface area contributed by atoms with E-state index in [1.807, 2.05) is 20.8 Å². The van der Waals surface area contributed by atoms with E-state index in [9.17, 15) is 5.11 Å². The number of anilines is 2. The lowest BCUT2D eigenvalue weighted by Gasteiger charge is -2.24. The molecule has 112 valence electrons. The van der Waals surface area contributed by atoms with Crippen LogP contribution in [-0.2, 0) is 0 Å². The third-order valence-corrected chi connectivity index (χ3v) is 4.02. The molecule has 1 aromatic rings. The molecule has 1 aliphatic rings. The van der Waals surface area contributed by atoms with Gasteiger partial charge in [0, 0.05) is 11.5 Å². The predicted octanol–water partition coefficient (Wildman–Crippen LogP) is 2.60. The summed E-state index contributed by atoms with van der Waals surface area (Å²) < 4.78 is 0. The first-order valence-corrected chi connectivity index (χ1v) is 7.57. The van der Waals surface area contributed by atoms with Gasteiger partial charge in [-0.3, -0.25) is 0 Å². The van der Waals surface area contributed by atoms with E-state index in [0.717, 1.165) is 42.9 Å². The fourth-order valence-electron chi connectivity index (χ4n) is 2.58. The third kappa shape index (κ3) is 3.39. The number of nitrogens with one attached hydrogen (secondary N) is 1. The minimum Gasteiger partial charge on any atom is -0.391 e. The lowest BCUT2D eigenvalue weighted by molar-refractivity contribution is 0.144. The Hall–Kier alpha value is -1.36. The number of aromatic nitrogens is 2. The summed E-state index contributed by atoms with van der Waals surface area (Å²) in [7, 11) is 0. The molecule has 2 unspecified atom stereocenters. The third-order valence-electron chi connectivity index (χ3n) is 4.02. The van der Waals surface area contributed by atoms with Gasteiger partial charge in [-0.2, -0.15) is 0 Å². The summed E-state index contributed by atoms with van der Waals surface area (Å²) in [4.78, 5) is 8.91. The molecule has 2 rings (SSSR count). The van der Waals surface area contributed by atoms with Crippen LogP contribution in [-0.4, -0.2) is 27.2 Å². The molecule has 0 saturated heterocycles. The maximum absolute atomic E-state index is 10.2. The van der Waals surface area contributed by atoms with Gasteiger partial charge in [0.05, 0.1) is 12.1 Å². The van der Waals surface area contributed by atoms with E-state index < -0.39 is 0 Å². The number of rotatable bonds is 3. The Morgan fingerprint density at radius 3 is 2.60 bits per heavy atom. The molecule has 1 saturated carbocycles. The summed E-state index contributed by atoms with van der Waals surface area (Å²) in [6.45, 7) is 6.02. The molecule has 4 N–H and O–H groups in total. The zero-order chi connectivity index (χ0) is 14.7. The maximum atomic E-state index is 10.2. The van der Waals surface area contributed by atoms with E-state index in [1.54, 1.807) is 0 Å². The van der Waals surface area contributed by atoms with E-state index in [4.69, 9.17) is 5.73 Å². The van der Waals surface area contributed by atoms with Crippen LogP contribution < -0.4 is 11.1 Å². The van der Waals surface area contributed by atoms with Crippen LogP contribution in [0, 0.1) is 6.92 Å². The second kappa shape index (κ2) is 6.39. The highest BCUT2D eigenvalue weighted by Gasteiger charge is 2.23. The zero-order valence-electron chi connectivity index (χ0n) is 12.7. The van der Waals surface area contributed by atoms with Crippen molar-refractivity contribution in [3.8, 4) is 0 Å². The summed E-state index contributed by atoms with van der Waals surface area (Å²) in [5, 5.41) is 13.6. The Balaban J connectivity index is 2.23. The Morgan fingerprint density at radius 2 is 1.90 bits per heavy atom. The fourth-order valence-corrected chi connectivity index (χ4v) is 2.58. The second-order valence-corrected chi connectivity index (χ2v) is 6.05. The van der Waals surface area contributed by atoms with Gasteiger partial charge in [-0.05, 0) is 19.8 Å². The van der Waals surface area contributed by atoms with Gasteiger partial charge >= 0.3 is 0 Å². The van der Waals surface area contributed by atoms with Gasteiger partial charge in [0.15, 0.2) is 0 Å². The van der Waals surface area contributed by atoms with Gasteiger partial charge in [0.2, 0.25) is 0 Å². The van der Waals surface area contributed by atoms with Gasteiger partial charge in [-0.25, -0.2) is 9.97 Å². The summed E-state index contributed by atoms with van der Waals surface area (Å²) in [6, 6.07) is 0.0607. The van der Waals surface area contributed by atoms with Crippen LogP contribution in [0.1, 0.15) is 63.3 Å². The predicted molar refractivity (Wildman–Crippen MR) is 81.8 cm³/mol. The number of nitrogens with two attached hydrogens (primary N) is 1. The van der Waals surface area contributed by atoms with Gasteiger partial charge in [-0.1, -0.05) is 33.1 Å². The van der Waals surface area contributed by atoms with E-state index >= 15 is 0 Å². The van der Waals surface area contributed by atoms with Gasteiger partial charge in [0.1, 0.15) is 17.5 Å². The maximum Gasteiger partial charge on any atom is 0.135 e. The second-order valence-electron chi connectivity index (χ2n) is 6.05. The number of aliphatic hydroxyl groups excluding tert-OH is 1. The van der Waals surface area contributed by atoms with Crippen molar-refractivity contribution in [2.24, 2.45) is 0 Å². The molecule has 5 nitrogen and oxygen atoms in total. The van der Waals surface area contributed by atoms with Gasteiger partial charge in [0.25, 0.3) is 0 Å². The first kappa shape index (κ1) is 15.0. The van der Waals surface area contributed by atoms with Crippen molar-refractivity contribution in [2.75, 3.05) is 11.1 Å². The fraction of sp³-hybridized carbons (Fsp3) is 0.733. The highest BCUT2D eigenvalue weighted by molar-refractivity contribution is 5.55. The molecule has 0 aromatic carbocycles. The normalized spacial score (nSPS) is 23.6. The summed E-state index contributed by atoms with van der Waals surface area (Å²) in [5.74, 6) is 2.28. The van der Waals surface area contributed by atoms with Crippen molar-refractivity contribution in [1.29, 1.82) is 0 Å². The van der Waals surface area contributed by atoms with E-state index in [1.165, 1.54) is 6.42 Å². The molecule has 1 heterocycles. The van der Waals surface area contributed by atoms with E-state index in [0.29, 0.717) is 5.82 Å². The molecule has 0 amide bonds. The highest BCUT2D eigenvalue weighted by Crippen LogP contribution is 2.25. The highest BCUT2D eigenvalue weighted by atomic mass is 16.3. The molecular weight excluding hydrogens is 252 g/mol. The smallest absolute Gasteiger partial charge is 0.135 e. The Bertz CT molecular complexity index is 461. The molecule has 0 bridgehead atoms. The van der Waals surface area contributed by atoms with Crippen LogP contribution in [0.25, 0.3) is 0 Å². The van der Waals surface area contributed by atoms with E-state index in [2.05, 4.69) is 15.3 Å². The molecule has 1 aromatic heterocycles. The molecule has 5 heteroatoms. The number of nitrogen functional groups attached to an aromatic ring is 1. The Kier molecular flexibility index (Phi) is 4.81.